The second-order valence-corrected chi connectivity index (χ2v) is 4.52. The van der Waals surface area contributed by atoms with Gasteiger partial charge in [-0.2, -0.15) is 0 Å². The van der Waals surface area contributed by atoms with E-state index in [4.69, 9.17) is 4.74 Å². The molecule has 0 radical (unpaired) electrons. The molecule has 1 aromatic rings. The van der Waals surface area contributed by atoms with Gasteiger partial charge in [0.1, 0.15) is 0 Å². The van der Waals surface area contributed by atoms with Crippen molar-refractivity contribution in [3.8, 4) is 0 Å². The molecule has 0 unspecified atom stereocenters. The molecule has 0 aliphatic carbocycles. The average molecular weight is 265 g/mol. The number of pyridine rings is 1. The molecular weight excluding hydrogens is 246 g/mol. The van der Waals surface area contributed by atoms with E-state index in [0.717, 1.165) is 25.2 Å². The van der Waals surface area contributed by atoms with Gasteiger partial charge in [-0.25, -0.2) is 4.79 Å². The van der Waals surface area contributed by atoms with E-state index in [-0.39, 0.29) is 11.7 Å². The Morgan fingerprint density at radius 1 is 1.32 bits per heavy atom. The molecule has 2 heterocycles. The van der Waals surface area contributed by atoms with Crippen LogP contribution in [0.4, 0.5) is 4.79 Å². The monoisotopic (exact) mass is 265 g/mol. The molecule has 6 heteroatoms. The molecule has 1 aromatic heterocycles. The Labute approximate surface area is 112 Å². The van der Waals surface area contributed by atoms with Crippen LogP contribution >= 0.6 is 0 Å². The third kappa shape index (κ3) is 3.82. The Balaban J connectivity index is 1.81. The van der Waals surface area contributed by atoms with Gasteiger partial charge >= 0.3 is 6.09 Å². The summed E-state index contributed by atoms with van der Waals surface area (Å²) in [5.41, 5.74) is 0.986. The molecule has 1 amide bonds. The lowest BCUT2D eigenvalue weighted by Crippen LogP contribution is -2.48. The summed E-state index contributed by atoms with van der Waals surface area (Å²) in [7, 11) is 0. The summed E-state index contributed by atoms with van der Waals surface area (Å²) in [6.07, 6.45) is 1.51. The molecule has 0 spiro atoms. The average Bonchev–Trinajstić information content (AvgIpc) is 2.42. The second kappa shape index (κ2) is 6.38. The van der Waals surface area contributed by atoms with Gasteiger partial charge in [-0.1, -0.05) is 6.07 Å². The molecule has 0 bridgehead atoms. The highest BCUT2D eigenvalue weighted by Crippen LogP contribution is 2.07. The summed E-state index contributed by atoms with van der Waals surface area (Å²) >= 11 is 0. The summed E-state index contributed by atoms with van der Waals surface area (Å²) in [6, 6.07) is 3.36. The third-order valence-corrected chi connectivity index (χ3v) is 3.15. The number of ether oxygens (including phenoxy) is 1. The summed E-state index contributed by atoms with van der Waals surface area (Å²) in [5.74, 6) is 0. The fourth-order valence-electron chi connectivity index (χ4n) is 2.10. The van der Waals surface area contributed by atoms with E-state index in [1.807, 2.05) is 13.0 Å². The van der Waals surface area contributed by atoms with Crippen molar-refractivity contribution in [2.75, 3.05) is 32.8 Å². The number of carbonyl (C=O) groups is 1. The number of carbonyl (C=O) groups excluding carboxylic acids is 1. The van der Waals surface area contributed by atoms with E-state index in [1.54, 1.807) is 11.1 Å². The number of aromatic nitrogens is 1. The first kappa shape index (κ1) is 13.6. The number of aromatic amines is 1. The minimum atomic E-state index is -0.230. The molecule has 0 aromatic carbocycles. The maximum Gasteiger partial charge on any atom is 0.409 e. The summed E-state index contributed by atoms with van der Waals surface area (Å²) in [5, 5.41) is 0. The van der Waals surface area contributed by atoms with Crippen molar-refractivity contribution in [3.05, 3.63) is 34.2 Å². The van der Waals surface area contributed by atoms with E-state index in [1.165, 1.54) is 6.07 Å². The number of H-pyrrole nitrogens is 1. The molecule has 104 valence electrons. The van der Waals surface area contributed by atoms with Crippen LogP contribution in [-0.2, 0) is 11.3 Å². The SMILES string of the molecule is CCOC(=O)N1CCN(Cc2ccc(=O)[nH]c2)CC1. The number of nitrogens with one attached hydrogen (secondary N) is 1. The van der Waals surface area contributed by atoms with E-state index in [2.05, 4.69) is 9.88 Å². The van der Waals surface area contributed by atoms with Crippen LogP contribution in [0.5, 0.6) is 0 Å². The van der Waals surface area contributed by atoms with Crippen LogP contribution in [-0.4, -0.2) is 53.7 Å². The van der Waals surface area contributed by atoms with Gasteiger partial charge in [-0.15, -0.1) is 0 Å². The molecule has 1 saturated heterocycles. The van der Waals surface area contributed by atoms with Gasteiger partial charge in [0.25, 0.3) is 0 Å². The maximum absolute atomic E-state index is 11.5. The quantitative estimate of drug-likeness (QED) is 0.871. The molecule has 1 N–H and O–H groups in total. The number of hydrogen-bond donors (Lipinski definition) is 1. The molecule has 1 aliphatic rings. The highest BCUT2D eigenvalue weighted by molar-refractivity contribution is 5.67. The van der Waals surface area contributed by atoms with Gasteiger partial charge in [0, 0.05) is 45.0 Å². The minimum absolute atomic E-state index is 0.0871. The zero-order chi connectivity index (χ0) is 13.7. The lowest BCUT2D eigenvalue weighted by molar-refractivity contribution is 0.0778. The van der Waals surface area contributed by atoms with Crippen LogP contribution < -0.4 is 5.56 Å². The van der Waals surface area contributed by atoms with Crippen molar-refractivity contribution >= 4 is 6.09 Å². The van der Waals surface area contributed by atoms with Gasteiger partial charge in [-0.05, 0) is 12.5 Å². The lowest BCUT2D eigenvalue weighted by Gasteiger charge is -2.33. The number of rotatable bonds is 3. The van der Waals surface area contributed by atoms with Crippen molar-refractivity contribution in [2.45, 2.75) is 13.5 Å². The number of amides is 1. The van der Waals surface area contributed by atoms with Gasteiger partial charge in [0.15, 0.2) is 0 Å². The predicted molar refractivity (Wildman–Crippen MR) is 70.9 cm³/mol. The highest BCUT2D eigenvalue weighted by Gasteiger charge is 2.21. The molecule has 1 aliphatic heterocycles. The normalized spacial score (nSPS) is 16.4. The van der Waals surface area contributed by atoms with Crippen LogP contribution in [0.2, 0.25) is 0 Å². The van der Waals surface area contributed by atoms with Crippen LogP contribution in [0.3, 0.4) is 0 Å². The van der Waals surface area contributed by atoms with E-state index in [9.17, 15) is 9.59 Å². The van der Waals surface area contributed by atoms with Gasteiger partial charge < -0.3 is 14.6 Å². The second-order valence-electron chi connectivity index (χ2n) is 4.52. The minimum Gasteiger partial charge on any atom is -0.450 e. The molecular formula is C13H19N3O3. The number of hydrogen-bond acceptors (Lipinski definition) is 4. The molecule has 2 rings (SSSR count). The van der Waals surface area contributed by atoms with Gasteiger partial charge in [0.05, 0.1) is 6.61 Å². The predicted octanol–water partition coefficient (Wildman–Crippen LogP) is 0.649. The topological polar surface area (TPSA) is 65.6 Å². The van der Waals surface area contributed by atoms with Crippen molar-refractivity contribution in [2.24, 2.45) is 0 Å². The molecule has 0 atom stereocenters. The van der Waals surface area contributed by atoms with Crippen molar-refractivity contribution in [3.63, 3.8) is 0 Å². The lowest BCUT2D eigenvalue weighted by atomic mass is 10.2. The van der Waals surface area contributed by atoms with Crippen molar-refractivity contribution in [1.82, 2.24) is 14.8 Å². The van der Waals surface area contributed by atoms with E-state index >= 15 is 0 Å². The van der Waals surface area contributed by atoms with Crippen LogP contribution in [0.15, 0.2) is 23.1 Å². The Kier molecular flexibility index (Phi) is 4.57. The summed E-state index contributed by atoms with van der Waals surface area (Å²) in [6.45, 7) is 6.01. The largest absolute Gasteiger partial charge is 0.450 e. The van der Waals surface area contributed by atoms with Crippen molar-refractivity contribution < 1.29 is 9.53 Å². The Hall–Kier alpha value is -1.82. The maximum atomic E-state index is 11.5. The molecule has 0 saturated carbocycles. The zero-order valence-electron chi connectivity index (χ0n) is 11.1. The Morgan fingerprint density at radius 2 is 2.05 bits per heavy atom. The third-order valence-electron chi connectivity index (χ3n) is 3.15. The fourth-order valence-corrected chi connectivity index (χ4v) is 2.10. The fraction of sp³-hybridized carbons (Fsp3) is 0.538. The van der Waals surface area contributed by atoms with Gasteiger partial charge in [-0.3, -0.25) is 9.69 Å². The van der Waals surface area contributed by atoms with Crippen LogP contribution in [0, 0.1) is 0 Å². The highest BCUT2D eigenvalue weighted by atomic mass is 16.6. The van der Waals surface area contributed by atoms with E-state index < -0.39 is 0 Å². The first-order chi connectivity index (χ1) is 9.19. The Bertz CT molecular complexity index is 458. The molecule has 19 heavy (non-hydrogen) atoms. The smallest absolute Gasteiger partial charge is 0.409 e. The number of nitrogens with zero attached hydrogens (tertiary/aromatic N) is 2. The Morgan fingerprint density at radius 3 is 2.63 bits per heavy atom. The first-order valence-corrected chi connectivity index (χ1v) is 6.50. The summed E-state index contributed by atoms with van der Waals surface area (Å²) in [4.78, 5) is 29.2. The standard InChI is InChI=1S/C13H19N3O3/c1-2-19-13(18)16-7-5-15(6-8-16)10-11-3-4-12(17)14-9-11/h3-4,9H,2,5-8,10H2,1H3,(H,14,17). The van der Waals surface area contributed by atoms with Crippen LogP contribution in [0.25, 0.3) is 0 Å². The molecule has 1 fully saturated rings. The first-order valence-electron chi connectivity index (χ1n) is 6.50. The van der Waals surface area contributed by atoms with E-state index in [0.29, 0.717) is 19.7 Å². The molecule has 6 nitrogen and oxygen atoms in total. The zero-order valence-corrected chi connectivity index (χ0v) is 11.1. The van der Waals surface area contributed by atoms with Gasteiger partial charge in [0.2, 0.25) is 5.56 Å². The number of piperazine rings is 1. The van der Waals surface area contributed by atoms with Crippen molar-refractivity contribution in [1.29, 1.82) is 0 Å². The summed E-state index contributed by atoms with van der Waals surface area (Å²) < 4.78 is 4.98. The van der Waals surface area contributed by atoms with Crippen LogP contribution in [0.1, 0.15) is 12.5 Å².